The molecule has 0 amide bonds. The fraction of sp³-hybridized carbons (Fsp3) is 0.444. The number of fused-ring (bicyclic) bond motifs is 1. The van der Waals surface area contributed by atoms with Gasteiger partial charge in [-0.3, -0.25) is 0 Å². The number of pyridine rings is 1. The van der Waals surface area contributed by atoms with Crippen LogP contribution in [0.1, 0.15) is 31.1 Å². The fourth-order valence-electron chi connectivity index (χ4n) is 2.81. The van der Waals surface area contributed by atoms with Gasteiger partial charge in [0.1, 0.15) is 17.8 Å². The number of hydrogen-bond donors (Lipinski definition) is 2. The van der Waals surface area contributed by atoms with E-state index in [2.05, 4.69) is 66.6 Å². The molecule has 0 bridgehead atoms. The van der Waals surface area contributed by atoms with Gasteiger partial charge in [0, 0.05) is 37.9 Å². The Kier molecular flexibility index (Phi) is 5.83. The highest BCUT2D eigenvalue weighted by Crippen LogP contribution is 2.09. The largest absolute Gasteiger partial charge is 0.357 e. The number of rotatable bonds is 7. The summed E-state index contributed by atoms with van der Waals surface area (Å²) in [5.41, 5.74) is 3.06. The standard InChI is InChI=1S/C18H26N8/c1-4-16-24-22-13-25(16)10-9-20-18(19-5-2)21-11-15-12-26-14(3)7-6-8-17(26)23-15/h6-8,12-13H,4-5,9-11H2,1-3H3,(H2,19,20,21). The lowest BCUT2D eigenvalue weighted by molar-refractivity contribution is 0.632. The van der Waals surface area contributed by atoms with Gasteiger partial charge < -0.3 is 19.6 Å². The average molecular weight is 354 g/mol. The van der Waals surface area contributed by atoms with Crippen LogP contribution in [0.25, 0.3) is 5.65 Å². The van der Waals surface area contributed by atoms with Gasteiger partial charge in [-0.05, 0) is 26.0 Å². The van der Waals surface area contributed by atoms with E-state index in [-0.39, 0.29) is 0 Å². The van der Waals surface area contributed by atoms with E-state index in [1.807, 2.05) is 18.3 Å². The molecule has 0 unspecified atom stereocenters. The Morgan fingerprint density at radius 1 is 1.23 bits per heavy atom. The van der Waals surface area contributed by atoms with Gasteiger partial charge >= 0.3 is 0 Å². The smallest absolute Gasteiger partial charge is 0.191 e. The Morgan fingerprint density at radius 2 is 2.12 bits per heavy atom. The van der Waals surface area contributed by atoms with Crippen LogP contribution in [0.3, 0.4) is 0 Å². The molecule has 0 radical (unpaired) electrons. The van der Waals surface area contributed by atoms with Gasteiger partial charge in [-0.1, -0.05) is 13.0 Å². The number of guanidine groups is 1. The summed E-state index contributed by atoms with van der Waals surface area (Å²) < 4.78 is 4.14. The van der Waals surface area contributed by atoms with Crippen molar-refractivity contribution in [1.29, 1.82) is 0 Å². The number of aliphatic imine (C=N–C) groups is 1. The molecule has 0 atom stereocenters. The minimum Gasteiger partial charge on any atom is -0.357 e. The Bertz CT molecular complexity index is 876. The average Bonchev–Trinajstić information content (AvgIpc) is 3.26. The van der Waals surface area contributed by atoms with E-state index in [0.29, 0.717) is 6.54 Å². The minimum atomic E-state index is 0.531. The summed E-state index contributed by atoms with van der Waals surface area (Å²) in [6.45, 7) is 9.10. The van der Waals surface area contributed by atoms with E-state index in [1.54, 1.807) is 6.33 Å². The zero-order chi connectivity index (χ0) is 18.4. The van der Waals surface area contributed by atoms with Crippen LogP contribution in [-0.4, -0.2) is 43.2 Å². The second-order valence-corrected chi connectivity index (χ2v) is 6.04. The zero-order valence-electron chi connectivity index (χ0n) is 15.6. The molecule has 3 heterocycles. The molecule has 3 aromatic rings. The molecule has 8 heteroatoms. The maximum absolute atomic E-state index is 4.65. The molecule has 0 aromatic carbocycles. The topological polar surface area (TPSA) is 84.4 Å². The summed E-state index contributed by atoms with van der Waals surface area (Å²) in [5.74, 6) is 1.78. The molecule has 0 aliphatic rings. The van der Waals surface area contributed by atoms with Crippen LogP contribution in [0, 0.1) is 6.92 Å². The van der Waals surface area contributed by atoms with Gasteiger partial charge in [-0.2, -0.15) is 0 Å². The van der Waals surface area contributed by atoms with Gasteiger partial charge in [0.2, 0.25) is 0 Å². The molecular formula is C18H26N8. The molecule has 0 fully saturated rings. The predicted molar refractivity (Wildman–Crippen MR) is 102 cm³/mol. The lowest BCUT2D eigenvalue weighted by Crippen LogP contribution is -2.38. The number of imidazole rings is 1. The van der Waals surface area contributed by atoms with Crippen LogP contribution in [0.2, 0.25) is 0 Å². The number of aryl methyl sites for hydroxylation is 2. The third kappa shape index (κ3) is 4.19. The molecule has 0 saturated heterocycles. The lowest BCUT2D eigenvalue weighted by Gasteiger charge is -2.11. The zero-order valence-corrected chi connectivity index (χ0v) is 15.6. The van der Waals surface area contributed by atoms with Crippen molar-refractivity contribution in [2.45, 2.75) is 40.3 Å². The molecule has 0 aliphatic heterocycles. The van der Waals surface area contributed by atoms with Gasteiger partial charge in [0.05, 0.1) is 12.2 Å². The lowest BCUT2D eigenvalue weighted by atomic mass is 10.4. The highest BCUT2D eigenvalue weighted by atomic mass is 15.3. The molecule has 0 aliphatic carbocycles. The molecule has 0 spiro atoms. The first-order chi connectivity index (χ1) is 12.7. The molecule has 26 heavy (non-hydrogen) atoms. The molecule has 3 rings (SSSR count). The quantitative estimate of drug-likeness (QED) is 0.497. The molecule has 2 N–H and O–H groups in total. The Balaban J connectivity index is 1.61. The van der Waals surface area contributed by atoms with E-state index in [1.165, 1.54) is 0 Å². The van der Waals surface area contributed by atoms with Crippen LogP contribution in [0.5, 0.6) is 0 Å². The number of hydrogen-bond acceptors (Lipinski definition) is 4. The molecule has 8 nitrogen and oxygen atoms in total. The summed E-state index contributed by atoms with van der Waals surface area (Å²) in [6.07, 6.45) is 4.69. The van der Waals surface area contributed by atoms with E-state index in [0.717, 1.165) is 54.9 Å². The summed E-state index contributed by atoms with van der Waals surface area (Å²) in [6, 6.07) is 6.10. The van der Waals surface area contributed by atoms with Crippen LogP contribution < -0.4 is 10.6 Å². The van der Waals surface area contributed by atoms with Gasteiger partial charge in [-0.15, -0.1) is 10.2 Å². The summed E-state index contributed by atoms with van der Waals surface area (Å²) in [5, 5.41) is 14.7. The summed E-state index contributed by atoms with van der Waals surface area (Å²) >= 11 is 0. The number of aromatic nitrogens is 5. The first kappa shape index (κ1) is 17.9. The molecule has 3 aromatic heterocycles. The first-order valence-corrected chi connectivity index (χ1v) is 9.03. The van der Waals surface area contributed by atoms with E-state index in [4.69, 9.17) is 0 Å². The van der Waals surface area contributed by atoms with Gasteiger partial charge in [0.25, 0.3) is 0 Å². The van der Waals surface area contributed by atoms with Crippen LogP contribution in [0.15, 0.2) is 35.7 Å². The second-order valence-electron chi connectivity index (χ2n) is 6.04. The predicted octanol–water partition coefficient (Wildman–Crippen LogP) is 1.55. The summed E-state index contributed by atoms with van der Waals surface area (Å²) in [4.78, 5) is 9.28. The fourth-order valence-corrected chi connectivity index (χ4v) is 2.81. The Hall–Kier alpha value is -2.90. The third-order valence-electron chi connectivity index (χ3n) is 4.15. The maximum atomic E-state index is 4.65. The molecule has 138 valence electrons. The molecule has 0 saturated carbocycles. The third-order valence-corrected chi connectivity index (χ3v) is 4.15. The van der Waals surface area contributed by atoms with Crippen LogP contribution >= 0.6 is 0 Å². The van der Waals surface area contributed by atoms with E-state index < -0.39 is 0 Å². The number of nitrogens with one attached hydrogen (secondary N) is 2. The van der Waals surface area contributed by atoms with Crippen molar-refractivity contribution in [3.63, 3.8) is 0 Å². The monoisotopic (exact) mass is 354 g/mol. The highest BCUT2D eigenvalue weighted by molar-refractivity contribution is 5.79. The first-order valence-electron chi connectivity index (χ1n) is 9.03. The number of nitrogens with zero attached hydrogens (tertiary/aromatic N) is 6. The van der Waals surface area contributed by atoms with Crippen molar-refractivity contribution in [2.75, 3.05) is 13.1 Å². The minimum absolute atomic E-state index is 0.531. The Morgan fingerprint density at radius 3 is 2.88 bits per heavy atom. The van der Waals surface area contributed by atoms with Crippen molar-refractivity contribution in [1.82, 2.24) is 34.8 Å². The van der Waals surface area contributed by atoms with Gasteiger partial charge in [-0.25, -0.2) is 9.98 Å². The van der Waals surface area contributed by atoms with E-state index in [9.17, 15) is 0 Å². The van der Waals surface area contributed by atoms with Crippen molar-refractivity contribution in [3.8, 4) is 0 Å². The Labute approximate surface area is 153 Å². The second kappa shape index (κ2) is 8.46. The van der Waals surface area contributed by atoms with Crippen molar-refractivity contribution >= 4 is 11.6 Å². The molecular weight excluding hydrogens is 328 g/mol. The highest BCUT2D eigenvalue weighted by Gasteiger charge is 2.05. The van der Waals surface area contributed by atoms with Crippen molar-refractivity contribution < 1.29 is 0 Å². The van der Waals surface area contributed by atoms with Crippen molar-refractivity contribution in [3.05, 3.63) is 47.9 Å². The maximum Gasteiger partial charge on any atom is 0.191 e. The van der Waals surface area contributed by atoms with E-state index >= 15 is 0 Å². The van der Waals surface area contributed by atoms with Crippen LogP contribution in [0.4, 0.5) is 0 Å². The normalized spacial score (nSPS) is 11.9. The van der Waals surface area contributed by atoms with Gasteiger partial charge in [0.15, 0.2) is 5.96 Å². The van der Waals surface area contributed by atoms with Crippen molar-refractivity contribution in [2.24, 2.45) is 4.99 Å². The SMILES string of the molecule is CCNC(=NCc1cn2c(C)cccc2n1)NCCn1cnnc1CC. The van der Waals surface area contributed by atoms with Crippen LogP contribution in [-0.2, 0) is 19.5 Å². The summed E-state index contributed by atoms with van der Waals surface area (Å²) in [7, 11) is 0.